The van der Waals surface area contributed by atoms with Crippen molar-refractivity contribution in [2.24, 2.45) is 0 Å². The summed E-state index contributed by atoms with van der Waals surface area (Å²) in [5.74, 6) is 3.33. The van der Waals surface area contributed by atoms with E-state index in [4.69, 9.17) is 24.0 Å². The first-order valence-electron chi connectivity index (χ1n) is 8.81. The van der Waals surface area contributed by atoms with Gasteiger partial charge in [-0.1, -0.05) is 17.4 Å². The van der Waals surface area contributed by atoms with Crippen molar-refractivity contribution >= 4 is 16.3 Å². The highest BCUT2D eigenvalue weighted by molar-refractivity contribution is 7.16. The molecule has 2 aromatic carbocycles. The van der Waals surface area contributed by atoms with Gasteiger partial charge in [0.15, 0.2) is 28.8 Å². The number of nitrogens with zero attached hydrogens (tertiary/aromatic N) is 4. The lowest BCUT2D eigenvalue weighted by atomic mass is 10.1. The SMILES string of the molecule is COc1ccc(Cc2nn3c(-c4ccc(OC)c(OC)c4)nnc3s2)cc1OC. The zero-order valence-electron chi connectivity index (χ0n) is 16.5. The maximum Gasteiger partial charge on any atom is 0.234 e. The highest BCUT2D eigenvalue weighted by atomic mass is 32.1. The van der Waals surface area contributed by atoms with Gasteiger partial charge in [0.05, 0.1) is 28.4 Å². The zero-order chi connectivity index (χ0) is 20.4. The smallest absolute Gasteiger partial charge is 0.234 e. The van der Waals surface area contributed by atoms with Crippen LogP contribution < -0.4 is 18.9 Å². The molecular formula is C20H20N4O4S. The number of rotatable bonds is 7. The van der Waals surface area contributed by atoms with Gasteiger partial charge in [-0.2, -0.15) is 9.61 Å². The normalized spacial score (nSPS) is 10.9. The molecule has 8 nitrogen and oxygen atoms in total. The van der Waals surface area contributed by atoms with Gasteiger partial charge in [-0.25, -0.2) is 0 Å². The predicted molar refractivity (Wildman–Crippen MR) is 110 cm³/mol. The van der Waals surface area contributed by atoms with Crippen LogP contribution in [0.5, 0.6) is 23.0 Å². The number of aromatic nitrogens is 4. The Morgan fingerprint density at radius 1 is 0.793 bits per heavy atom. The molecule has 0 atom stereocenters. The van der Waals surface area contributed by atoms with Crippen molar-refractivity contribution in [1.82, 2.24) is 19.8 Å². The predicted octanol–water partition coefficient (Wildman–Crippen LogP) is 3.48. The second-order valence-corrected chi connectivity index (χ2v) is 7.19. The molecule has 4 aromatic rings. The molecule has 29 heavy (non-hydrogen) atoms. The van der Waals surface area contributed by atoms with E-state index >= 15 is 0 Å². The molecule has 0 aliphatic carbocycles. The standard InChI is InChI=1S/C20H20N4O4S/c1-25-14-7-5-12(9-16(14)27-3)10-18-23-24-19(21-22-20(24)29-18)13-6-8-15(26-2)17(11-13)28-4/h5-9,11H,10H2,1-4H3. The Balaban J connectivity index is 1.66. The molecule has 0 radical (unpaired) electrons. The Hall–Kier alpha value is -3.33. The lowest BCUT2D eigenvalue weighted by Gasteiger charge is -2.08. The molecule has 2 aromatic heterocycles. The molecular weight excluding hydrogens is 392 g/mol. The number of hydrogen-bond acceptors (Lipinski definition) is 8. The Bertz CT molecular complexity index is 1150. The fourth-order valence-electron chi connectivity index (χ4n) is 3.05. The fourth-order valence-corrected chi connectivity index (χ4v) is 3.92. The van der Waals surface area contributed by atoms with Gasteiger partial charge in [-0.15, -0.1) is 10.2 Å². The number of methoxy groups -OCH3 is 4. The first-order valence-corrected chi connectivity index (χ1v) is 9.63. The number of ether oxygens (including phenoxy) is 4. The number of hydrogen-bond donors (Lipinski definition) is 0. The Morgan fingerprint density at radius 2 is 1.45 bits per heavy atom. The number of fused-ring (bicyclic) bond motifs is 1. The topological polar surface area (TPSA) is 80.0 Å². The van der Waals surface area contributed by atoms with Gasteiger partial charge in [-0.3, -0.25) is 0 Å². The highest BCUT2D eigenvalue weighted by Crippen LogP contribution is 2.33. The van der Waals surface area contributed by atoms with Gasteiger partial charge >= 0.3 is 0 Å². The summed E-state index contributed by atoms with van der Waals surface area (Å²) in [5, 5.41) is 14.2. The van der Waals surface area contributed by atoms with Crippen molar-refractivity contribution in [3.63, 3.8) is 0 Å². The number of benzene rings is 2. The van der Waals surface area contributed by atoms with E-state index in [1.807, 2.05) is 36.4 Å². The minimum absolute atomic E-state index is 0.627. The molecule has 0 saturated heterocycles. The van der Waals surface area contributed by atoms with Crippen molar-refractivity contribution in [3.05, 3.63) is 47.0 Å². The highest BCUT2D eigenvalue weighted by Gasteiger charge is 2.16. The molecule has 0 fully saturated rings. The van der Waals surface area contributed by atoms with Gasteiger partial charge in [0.25, 0.3) is 0 Å². The summed E-state index contributed by atoms with van der Waals surface area (Å²) in [6, 6.07) is 11.5. The third-order valence-electron chi connectivity index (χ3n) is 4.48. The molecule has 0 aliphatic rings. The Kier molecular flexibility index (Phi) is 5.22. The lowest BCUT2D eigenvalue weighted by molar-refractivity contribution is 0.354. The molecule has 0 spiro atoms. The van der Waals surface area contributed by atoms with E-state index < -0.39 is 0 Å². The van der Waals surface area contributed by atoms with E-state index in [-0.39, 0.29) is 0 Å². The molecule has 0 aliphatic heterocycles. The van der Waals surface area contributed by atoms with Crippen LogP contribution in [-0.2, 0) is 6.42 Å². The minimum atomic E-state index is 0.627. The van der Waals surface area contributed by atoms with E-state index in [1.54, 1.807) is 33.0 Å². The second-order valence-electron chi connectivity index (χ2n) is 6.15. The summed E-state index contributed by atoms with van der Waals surface area (Å²) in [5.41, 5.74) is 1.92. The monoisotopic (exact) mass is 412 g/mol. The third-order valence-corrected chi connectivity index (χ3v) is 5.38. The van der Waals surface area contributed by atoms with Gasteiger partial charge in [0.2, 0.25) is 4.96 Å². The molecule has 0 saturated carbocycles. The van der Waals surface area contributed by atoms with Crippen molar-refractivity contribution in [1.29, 1.82) is 0 Å². The van der Waals surface area contributed by atoms with Crippen LogP contribution in [0.2, 0.25) is 0 Å². The zero-order valence-corrected chi connectivity index (χ0v) is 17.3. The average Bonchev–Trinajstić information content (AvgIpc) is 3.33. The average molecular weight is 412 g/mol. The molecule has 0 N–H and O–H groups in total. The van der Waals surface area contributed by atoms with Crippen molar-refractivity contribution < 1.29 is 18.9 Å². The Labute approximate surface area is 171 Å². The van der Waals surface area contributed by atoms with E-state index in [1.165, 1.54) is 11.3 Å². The maximum absolute atomic E-state index is 5.39. The van der Waals surface area contributed by atoms with Crippen LogP contribution in [0, 0.1) is 0 Å². The molecule has 9 heteroatoms. The van der Waals surface area contributed by atoms with E-state index in [0.717, 1.165) is 21.1 Å². The first kappa shape index (κ1) is 19.0. The fraction of sp³-hybridized carbons (Fsp3) is 0.250. The summed E-state index contributed by atoms with van der Waals surface area (Å²) >= 11 is 1.50. The summed E-state index contributed by atoms with van der Waals surface area (Å²) in [6.45, 7) is 0. The van der Waals surface area contributed by atoms with Gasteiger partial charge < -0.3 is 18.9 Å². The maximum atomic E-state index is 5.39. The third kappa shape index (κ3) is 3.56. The van der Waals surface area contributed by atoms with Gasteiger partial charge in [0, 0.05) is 12.0 Å². The van der Waals surface area contributed by atoms with E-state index in [0.29, 0.717) is 35.2 Å². The quantitative estimate of drug-likeness (QED) is 0.460. The van der Waals surface area contributed by atoms with Gasteiger partial charge in [0.1, 0.15) is 5.01 Å². The van der Waals surface area contributed by atoms with Crippen LogP contribution in [0.4, 0.5) is 0 Å². The van der Waals surface area contributed by atoms with Crippen LogP contribution >= 0.6 is 11.3 Å². The second kappa shape index (κ2) is 7.96. The summed E-state index contributed by atoms with van der Waals surface area (Å²) in [7, 11) is 6.45. The van der Waals surface area contributed by atoms with Crippen LogP contribution in [-0.4, -0.2) is 48.3 Å². The molecule has 150 valence electrons. The Morgan fingerprint density at radius 3 is 2.14 bits per heavy atom. The summed E-state index contributed by atoms with van der Waals surface area (Å²) in [4.78, 5) is 0.727. The van der Waals surface area contributed by atoms with Crippen LogP contribution in [0.25, 0.3) is 16.3 Å². The van der Waals surface area contributed by atoms with Crippen molar-refractivity contribution in [2.75, 3.05) is 28.4 Å². The van der Waals surface area contributed by atoms with Crippen LogP contribution in [0.3, 0.4) is 0 Å². The molecule has 2 heterocycles. The van der Waals surface area contributed by atoms with Gasteiger partial charge in [-0.05, 0) is 35.9 Å². The minimum Gasteiger partial charge on any atom is -0.493 e. The first-order chi connectivity index (χ1) is 14.2. The largest absolute Gasteiger partial charge is 0.493 e. The molecule has 4 rings (SSSR count). The lowest BCUT2D eigenvalue weighted by Crippen LogP contribution is -1.96. The van der Waals surface area contributed by atoms with Crippen LogP contribution in [0.1, 0.15) is 10.6 Å². The van der Waals surface area contributed by atoms with Crippen LogP contribution in [0.15, 0.2) is 36.4 Å². The molecule has 0 amide bonds. The van der Waals surface area contributed by atoms with Crippen molar-refractivity contribution in [2.45, 2.75) is 6.42 Å². The van der Waals surface area contributed by atoms with E-state index in [2.05, 4.69) is 10.2 Å². The molecule has 0 bridgehead atoms. The molecule has 0 unspecified atom stereocenters. The van der Waals surface area contributed by atoms with E-state index in [9.17, 15) is 0 Å². The van der Waals surface area contributed by atoms with Crippen molar-refractivity contribution in [3.8, 4) is 34.4 Å². The summed E-state index contributed by atoms with van der Waals surface area (Å²) < 4.78 is 23.1. The summed E-state index contributed by atoms with van der Waals surface area (Å²) in [6.07, 6.45) is 0.653.